The van der Waals surface area contributed by atoms with E-state index in [4.69, 9.17) is 21.1 Å². The van der Waals surface area contributed by atoms with E-state index in [2.05, 4.69) is 5.10 Å². The Morgan fingerprint density at radius 3 is 2.50 bits per heavy atom. The minimum atomic E-state index is -0.288. The Balaban J connectivity index is 1.81. The van der Waals surface area contributed by atoms with Crippen molar-refractivity contribution in [3.63, 3.8) is 0 Å². The van der Waals surface area contributed by atoms with Crippen LogP contribution in [0.3, 0.4) is 0 Å². The summed E-state index contributed by atoms with van der Waals surface area (Å²) < 4.78 is 12.3. The molecule has 24 heavy (non-hydrogen) atoms. The van der Waals surface area contributed by atoms with Crippen molar-refractivity contribution in [2.75, 3.05) is 7.11 Å². The third-order valence-corrected chi connectivity index (χ3v) is 4.66. The highest BCUT2D eigenvalue weighted by Crippen LogP contribution is 2.28. The summed E-state index contributed by atoms with van der Waals surface area (Å²) in [6.07, 6.45) is 7.50. The molecule has 0 radical (unpaired) electrons. The first-order valence-electron chi connectivity index (χ1n) is 8.25. The third-order valence-electron chi connectivity index (χ3n) is 4.39. The second kappa shape index (κ2) is 7.71. The van der Waals surface area contributed by atoms with Crippen LogP contribution in [0.15, 0.2) is 35.3 Å². The molecule has 0 unspecified atom stereocenters. The summed E-state index contributed by atoms with van der Waals surface area (Å²) in [5.41, 5.74) is -0.288. The Bertz CT molecular complexity index is 737. The van der Waals surface area contributed by atoms with Gasteiger partial charge in [0.05, 0.1) is 13.3 Å². The van der Waals surface area contributed by atoms with Gasteiger partial charge in [-0.2, -0.15) is 5.10 Å². The normalized spacial score (nSPS) is 15.2. The summed E-state index contributed by atoms with van der Waals surface area (Å²) in [5, 5.41) is 4.39. The number of nitrogens with zero attached hydrogens (tertiary/aromatic N) is 2. The molecule has 0 bridgehead atoms. The molecule has 0 spiro atoms. The number of aromatic nitrogens is 2. The summed E-state index contributed by atoms with van der Waals surface area (Å²) in [4.78, 5) is 12.7. The Labute approximate surface area is 146 Å². The number of benzene rings is 1. The SMILES string of the molecule is COc1ccc(Oc2c(Cl)cnn(CC3CCCCC3)c2=O)cc1. The lowest BCUT2D eigenvalue weighted by Gasteiger charge is -2.21. The van der Waals surface area contributed by atoms with Crippen molar-refractivity contribution >= 4 is 11.6 Å². The van der Waals surface area contributed by atoms with Gasteiger partial charge in [0.25, 0.3) is 0 Å². The van der Waals surface area contributed by atoms with Crippen molar-refractivity contribution in [3.05, 3.63) is 45.8 Å². The molecule has 5 nitrogen and oxygen atoms in total. The molecule has 1 aliphatic carbocycles. The predicted octanol–water partition coefficient (Wildman–Crippen LogP) is 4.28. The highest BCUT2D eigenvalue weighted by molar-refractivity contribution is 6.31. The summed E-state index contributed by atoms with van der Waals surface area (Å²) in [7, 11) is 1.60. The van der Waals surface area contributed by atoms with E-state index in [9.17, 15) is 4.79 Å². The molecular weight excluding hydrogens is 328 g/mol. The van der Waals surface area contributed by atoms with Gasteiger partial charge in [0.15, 0.2) is 0 Å². The fraction of sp³-hybridized carbons (Fsp3) is 0.444. The molecule has 1 saturated carbocycles. The fourth-order valence-electron chi connectivity index (χ4n) is 3.05. The third kappa shape index (κ3) is 3.90. The van der Waals surface area contributed by atoms with Gasteiger partial charge < -0.3 is 9.47 Å². The maximum absolute atomic E-state index is 12.7. The monoisotopic (exact) mass is 348 g/mol. The van der Waals surface area contributed by atoms with Crippen molar-refractivity contribution in [2.24, 2.45) is 5.92 Å². The van der Waals surface area contributed by atoms with E-state index in [-0.39, 0.29) is 16.3 Å². The molecule has 0 aliphatic heterocycles. The van der Waals surface area contributed by atoms with Crippen LogP contribution in [0.25, 0.3) is 0 Å². The van der Waals surface area contributed by atoms with E-state index < -0.39 is 0 Å². The van der Waals surface area contributed by atoms with E-state index in [0.717, 1.165) is 18.6 Å². The molecule has 0 N–H and O–H groups in total. The van der Waals surface area contributed by atoms with E-state index >= 15 is 0 Å². The smallest absolute Gasteiger partial charge is 0.311 e. The van der Waals surface area contributed by atoms with Crippen LogP contribution in [-0.2, 0) is 6.54 Å². The van der Waals surface area contributed by atoms with E-state index in [1.54, 1.807) is 31.4 Å². The number of halogens is 1. The van der Waals surface area contributed by atoms with Crippen LogP contribution >= 0.6 is 11.6 Å². The van der Waals surface area contributed by atoms with Crippen molar-refractivity contribution in [3.8, 4) is 17.2 Å². The van der Waals surface area contributed by atoms with Gasteiger partial charge in [-0.1, -0.05) is 30.9 Å². The van der Waals surface area contributed by atoms with Crippen molar-refractivity contribution in [1.29, 1.82) is 0 Å². The number of hydrogen-bond acceptors (Lipinski definition) is 4. The first-order chi connectivity index (χ1) is 11.7. The zero-order valence-corrected chi connectivity index (χ0v) is 14.5. The summed E-state index contributed by atoms with van der Waals surface area (Å²) in [5.74, 6) is 1.87. The minimum absolute atomic E-state index is 0.118. The lowest BCUT2D eigenvalue weighted by molar-refractivity contribution is 0.299. The average molecular weight is 349 g/mol. The molecule has 1 heterocycles. The van der Waals surface area contributed by atoms with Crippen LogP contribution in [0.1, 0.15) is 32.1 Å². The maximum Gasteiger partial charge on any atom is 0.311 e. The lowest BCUT2D eigenvalue weighted by atomic mass is 9.89. The molecular formula is C18H21ClN2O3. The Morgan fingerprint density at radius 2 is 1.83 bits per heavy atom. The Morgan fingerprint density at radius 1 is 1.17 bits per heavy atom. The summed E-state index contributed by atoms with van der Waals surface area (Å²) >= 11 is 6.13. The van der Waals surface area contributed by atoms with Gasteiger partial charge in [-0.3, -0.25) is 4.79 Å². The van der Waals surface area contributed by atoms with Crippen LogP contribution in [0.2, 0.25) is 5.02 Å². The largest absolute Gasteiger partial charge is 0.497 e. The first kappa shape index (κ1) is 16.8. The van der Waals surface area contributed by atoms with Gasteiger partial charge in [0.1, 0.15) is 16.5 Å². The quantitative estimate of drug-likeness (QED) is 0.809. The van der Waals surface area contributed by atoms with E-state index in [0.29, 0.717) is 18.2 Å². The van der Waals surface area contributed by atoms with Crippen molar-refractivity contribution in [1.82, 2.24) is 9.78 Å². The zero-order valence-electron chi connectivity index (χ0n) is 13.7. The molecule has 1 aromatic heterocycles. The Hall–Kier alpha value is -2.01. The molecule has 6 heteroatoms. The molecule has 1 aliphatic rings. The van der Waals surface area contributed by atoms with Crippen molar-refractivity contribution < 1.29 is 9.47 Å². The number of rotatable bonds is 5. The van der Waals surface area contributed by atoms with Gasteiger partial charge in [0.2, 0.25) is 5.75 Å². The van der Waals surface area contributed by atoms with Gasteiger partial charge in [-0.25, -0.2) is 4.68 Å². The molecule has 1 aromatic carbocycles. The predicted molar refractivity (Wildman–Crippen MR) is 93.2 cm³/mol. The van der Waals surface area contributed by atoms with Gasteiger partial charge >= 0.3 is 5.56 Å². The first-order valence-corrected chi connectivity index (χ1v) is 8.62. The number of methoxy groups -OCH3 is 1. The molecule has 0 amide bonds. The average Bonchev–Trinajstić information content (AvgIpc) is 2.62. The van der Waals surface area contributed by atoms with Gasteiger partial charge in [0, 0.05) is 6.54 Å². The second-order valence-corrected chi connectivity index (χ2v) is 6.50. The van der Waals surface area contributed by atoms with Crippen LogP contribution in [0, 0.1) is 5.92 Å². The molecule has 0 saturated heterocycles. The fourth-order valence-corrected chi connectivity index (χ4v) is 3.21. The lowest BCUT2D eigenvalue weighted by Crippen LogP contribution is -2.28. The highest BCUT2D eigenvalue weighted by Gasteiger charge is 2.18. The zero-order chi connectivity index (χ0) is 16.9. The van der Waals surface area contributed by atoms with Crippen molar-refractivity contribution in [2.45, 2.75) is 38.6 Å². The van der Waals surface area contributed by atoms with E-state index in [1.165, 1.54) is 30.1 Å². The van der Waals surface area contributed by atoms with Gasteiger partial charge in [-0.15, -0.1) is 0 Å². The second-order valence-electron chi connectivity index (χ2n) is 6.09. The van der Waals surface area contributed by atoms with Crippen LogP contribution in [-0.4, -0.2) is 16.9 Å². The van der Waals surface area contributed by atoms with Crippen LogP contribution < -0.4 is 15.0 Å². The molecule has 2 aromatic rings. The van der Waals surface area contributed by atoms with Crippen LogP contribution in [0.4, 0.5) is 0 Å². The molecule has 128 valence electrons. The van der Waals surface area contributed by atoms with Gasteiger partial charge in [-0.05, 0) is 43.0 Å². The summed E-state index contributed by atoms with van der Waals surface area (Å²) in [6.45, 7) is 0.620. The topological polar surface area (TPSA) is 53.4 Å². The molecule has 0 atom stereocenters. The maximum atomic E-state index is 12.7. The van der Waals surface area contributed by atoms with Crippen LogP contribution in [0.5, 0.6) is 17.2 Å². The Kier molecular flexibility index (Phi) is 5.41. The number of ether oxygens (including phenoxy) is 2. The highest BCUT2D eigenvalue weighted by atomic mass is 35.5. The molecule has 1 fully saturated rings. The number of hydrogen-bond donors (Lipinski definition) is 0. The summed E-state index contributed by atoms with van der Waals surface area (Å²) in [6, 6.07) is 7.01. The molecule has 3 rings (SSSR count). The minimum Gasteiger partial charge on any atom is -0.497 e. The standard InChI is InChI=1S/C18H21ClN2O3/c1-23-14-7-9-15(10-8-14)24-17-16(19)11-20-21(18(17)22)12-13-5-3-2-4-6-13/h7-11,13H,2-6,12H2,1H3. The van der Waals surface area contributed by atoms with E-state index in [1.807, 2.05) is 0 Å².